The van der Waals surface area contributed by atoms with Crippen LogP contribution in [0.1, 0.15) is 28.0 Å². The van der Waals surface area contributed by atoms with Gasteiger partial charge in [0.15, 0.2) is 0 Å². The number of aryl methyl sites for hydroxylation is 2. The number of nitrogens with zero attached hydrogens (tertiary/aromatic N) is 1. The summed E-state index contributed by atoms with van der Waals surface area (Å²) in [6.07, 6.45) is 3.46. The molecule has 1 fully saturated rings. The SMILES string of the molecule is O=C(c1cccc2c3c([nH]c12)CCC3)N1CCOCC1. The molecule has 0 atom stereocenters. The maximum Gasteiger partial charge on any atom is 0.256 e. The van der Waals surface area contributed by atoms with Gasteiger partial charge in [0, 0.05) is 24.2 Å². The van der Waals surface area contributed by atoms with E-state index in [4.69, 9.17) is 4.74 Å². The largest absolute Gasteiger partial charge is 0.378 e. The molecule has 1 aromatic carbocycles. The van der Waals surface area contributed by atoms with Crippen molar-refractivity contribution in [1.82, 2.24) is 9.88 Å². The molecule has 0 spiro atoms. The number of para-hydroxylation sites is 1. The van der Waals surface area contributed by atoms with Crippen LogP contribution in [0.15, 0.2) is 18.2 Å². The average molecular weight is 270 g/mol. The number of rotatable bonds is 1. The summed E-state index contributed by atoms with van der Waals surface area (Å²) in [5.74, 6) is 0.124. The summed E-state index contributed by atoms with van der Waals surface area (Å²) in [5, 5.41) is 1.23. The van der Waals surface area contributed by atoms with E-state index < -0.39 is 0 Å². The molecule has 4 heteroatoms. The minimum atomic E-state index is 0.124. The van der Waals surface area contributed by atoms with Crippen LogP contribution in [0.5, 0.6) is 0 Å². The van der Waals surface area contributed by atoms with E-state index >= 15 is 0 Å². The first-order chi connectivity index (χ1) is 9.84. The van der Waals surface area contributed by atoms with Gasteiger partial charge in [-0.2, -0.15) is 0 Å². The lowest BCUT2D eigenvalue weighted by Gasteiger charge is -2.27. The Balaban J connectivity index is 1.78. The minimum Gasteiger partial charge on any atom is -0.378 e. The van der Waals surface area contributed by atoms with Crippen molar-refractivity contribution < 1.29 is 9.53 Å². The van der Waals surface area contributed by atoms with Crippen LogP contribution in [0, 0.1) is 0 Å². The smallest absolute Gasteiger partial charge is 0.256 e. The average Bonchev–Trinajstić information content (AvgIpc) is 3.08. The zero-order valence-electron chi connectivity index (χ0n) is 11.4. The van der Waals surface area contributed by atoms with E-state index in [1.165, 1.54) is 23.1 Å². The van der Waals surface area contributed by atoms with Crippen LogP contribution < -0.4 is 0 Å². The van der Waals surface area contributed by atoms with Crippen molar-refractivity contribution in [2.45, 2.75) is 19.3 Å². The van der Waals surface area contributed by atoms with E-state index in [2.05, 4.69) is 11.1 Å². The van der Waals surface area contributed by atoms with E-state index in [0.717, 1.165) is 23.9 Å². The topological polar surface area (TPSA) is 45.3 Å². The van der Waals surface area contributed by atoms with E-state index in [-0.39, 0.29) is 5.91 Å². The molecule has 0 radical (unpaired) electrons. The van der Waals surface area contributed by atoms with Crippen LogP contribution >= 0.6 is 0 Å². The first-order valence-electron chi connectivity index (χ1n) is 7.34. The number of hydrogen-bond donors (Lipinski definition) is 1. The molecule has 0 bridgehead atoms. The third-order valence-corrected chi connectivity index (χ3v) is 4.41. The standard InChI is InChI=1S/C16H18N2O2/c19-16(18-7-9-20-10-8-18)13-5-1-4-12-11-3-2-6-14(11)17-15(12)13/h1,4-5,17H,2-3,6-10H2. The van der Waals surface area contributed by atoms with Crippen molar-refractivity contribution in [3.8, 4) is 0 Å². The Morgan fingerprint density at radius 2 is 2.05 bits per heavy atom. The Labute approximate surface area is 117 Å². The number of fused-ring (bicyclic) bond motifs is 3. The van der Waals surface area contributed by atoms with E-state index in [0.29, 0.717) is 26.3 Å². The highest BCUT2D eigenvalue weighted by atomic mass is 16.5. The van der Waals surface area contributed by atoms with Gasteiger partial charge in [-0.05, 0) is 30.9 Å². The molecular weight excluding hydrogens is 252 g/mol. The summed E-state index contributed by atoms with van der Waals surface area (Å²) < 4.78 is 5.32. The first kappa shape index (κ1) is 12.0. The minimum absolute atomic E-state index is 0.124. The third kappa shape index (κ3) is 1.75. The molecule has 1 saturated heterocycles. The van der Waals surface area contributed by atoms with Gasteiger partial charge in [0.05, 0.1) is 24.3 Å². The summed E-state index contributed by atoms with van der Waals surface area (Å²) in [7, 11) is 0. The van der Waals surface area contributed by atoms with Crippen LogP contribution in [0.3, 0.4) is 0 Å². The van der Waals surface area contributed by atoms with Crippen LogP contribution in [-0.4, -0.2) is 42.1 Å². The zero-order chi connectivity index (χ0) is 13.5. The second-order valence-electron chi connectivity index (χ2n) is 5.57. The molecule has 4 rings (SSSR count). The fraction of sp³-hybridized carbons (Fsp3) is 0.438. The first-order valence-corrected chi connectivity index (χ1v) is 7.34. The maximum atomic E-state index is 12.7. The van der Waals surface area contributed by atoms with Gasteiger partial charge in [-0.25, -0.2) is 0 Å². The molecule has 4 nitrogen and oxygen atoms in total. The second-order valence-corrected chi connectivity index (χ2v) is 5.57. The highest BCUT2D eigenvalue weighted by Gasteiger charge is 2.24. The lowest BCUT2D eigenvalue weighted by Crippen LogP contribution is -2.40. The highest BCUT2D eigenvalue weighted by Crippen LogP contribution is 2.31. The normalized spacial score (nSPS) is 18.5. The van der Waals surface area contributed by atoms with Crippen molar-refractivity contribution >= 4 is 16.8 Å². The fourth-order valence-electron chi connectivity index (χ4n) is 3.38. The molecule has 2 aromatic rings. The maximum absolute atomic E-state index is 12.7. The van der Waals surface area contributed by atoms with E-state index in [1.54, 1.807) is 0 Å². The predicted octanol–water partition coefficient (Wildman–Crippen LogP) is 2.13. The number of aromatic nitrogens is 1. The fourth-order valence-corrected chi connectivity index (χ4v) is 3.38. The summed E-state index contributed by atoms with van der Waals surface area (Å²) in [5.41, 5.74) is 4.56. The molecule has 0 saturated carbocycles. The van der Waals surface area contributed by atoms with Gasteiger partial charge in [0.2, 0.25) is 0 Å². The number of amides is 1. The molecule has 104 valence electrons. The van der Waals surface area contributed by atoms with E-state index in [1.807, 2.05) is 17.0 Å². The number of aromatic amines is 1. The molecule has 2 aliphatic rings. The monoisotopic (exact) mass is 270 g/mol. The molecule has 20 heavy (non-hydrogen) atoms. The number of benzene rings is 1. The molecular formula is C16H18N2O2. The predicted molar refractivity (Wildman–Crippen MR) is 77.0 cm³/mol. The molecule has 1 aliphatic heterocycles. The van der Waals surface area contributed by atoms with Crippen molar-refractivity contribution in [2.24, 2.45) is 0 Å². The van der Waals surface area contributed by atoms with Gasteiger partial charge in [-0.3, -0.25) is 4.79 Å². The Morgan fingerprint density at radius 3 is 2.90 bits per heavy atom. The van der Waals surface area contributed by atoms with Crippen molar-refractivity contribution in [3.05, 3.63) is 35.0 Å². The van der Waals surface area contributed by atoms with Crippen molar-refractivity contribution in [3.63, 3.8) is 0 Å². The molecule has 1 aromatic heterocycles. The summed E-state index contributed by atoms with van der Waals surface area (Å²) in [6, 6.07) is 6.07. The zero-order valence-corrected chi connectivity index (χ0v) is 11.4. The van der Waals surface area contributed by atoms with Gasteiger partial charge < -0.3 is 14.6 Å². The summed E-state index contributed by atoms with van der Waals surface area (Å²) >= 11 is 0. The molecule has 1 amide bonds. The summed E-state index contributed by atoms with van der Waals surface area (Å²) in [4.78, 5) is 18.1. The number of nitrogens with one attached hydrogen (secondary N) is 1. The Bertz CT molecular complexity index is 668. The number of H-pyrrole nitrogens is 1. The lowest BCUT2D eigenvalue weighted by molar-refractivity contribution is 0.0304. The van der Waals surface area contributed by atoms with Gasteiger partial charge in [0.25, 0.3) is 5.91 Å². The van der Waals surface area contributed by atoms with Crippen LogP contribution in [0.4, 0.5) is 0 Å². The molecule has 1 N–H and O–H groups in total. The van der Waals surface area contributed by atoms with Crippen LogP contribution in [0.25, 0.3) is 10.9 Å². The number of hydrogen-bond acceptors (Lipinski definition) is 2. The van der Waals surface area contributed by atoms with Crippen LogP contribution in [-0.2, 0) is 17.6 Å². The van der Waals surface area contributed by atoms with E-state index in [9.17, 15) is 4.79 Å². The number of morpholine rings is 1. The number of ether oxygens (including phenoxy) is 1. The Hall–Kier alpha value is -1.81. The lowest BCUT2D eigenvalue weighted by atomic mass is 10.1. The quantitative estimate of drug-likeness (QED) is 0.863. The number of carbonyl (C=O) groups is 1. The van der Waals surface area contributed by atoms with Crippen molar-refractivity contribution in [1.29, 1.82) is 0 Å². The number of carbonyl (C=O) groups excluding carboxylic acids is 1. The molecule has 2 heterocycles. The van der Waals surface area contributed by atoms with Gasteiger partial charge >= 0.3 is 0 Å². The van der Waals surface area contributed by atoms with Gasteiger partial charge in [-0.15, -0.1) is 0 Å². The third-order valence-electron chi connectivity index (χ3n) is 4.41. The van der Waals surface area contributed by atoms with Crippen LogP contribution in [0.2, 0.25) is 0 Å². The highest BCUT2D eigenvalue weighted by molar-refractivity contribution is 6.06. The van der Waals surface area contributed by atoms with Crippen molar-refractivity contribution in [2.75, 3.05) is 26.3 Å². The Morgan fingerprint density at radius 1 is 1.20 bits per heavy atom. The molecule has 1 aliphatic carbocycles. The second kappa shape index (κ2) is 4.63. The Kier molecular flexibility index (Phi) is 2.77. The van der Waals surface area contributed by atoms with Gasteiger partial charge in [-0.1, -0.05) is 12.1 Å². The summed E-state index contributed by atoms with van der Waals surface area (Å²) in [6.45, 7) is 2.66. The van der Waals surface area contributed by atoms with Gasteiger partial charge in [0.1, 0.15) is 0 Å². The molecule has 0 unspecified atom stereocenters.